The molecule has 1 atom stereocenters. The zero-order valence-electron chi connectivity index (χ0n) is 16.2. The van der Waals surface area contributed by atoms with Crippen molar-refractivity contribution in [2.24, 2.45) is 5.73 Å². The van der Waals surface area contributed by atoms with E-state index in [1.54, 1.807) is 11.8 Å². The number of nitrogens with zero attached hydrogens (tertiary/aromatic N) is 2. The van der Waals surface area contributed by atoms with Crippen LogP contribution in [0.4, 0.5) is 5.69 Å². The lowest BCUT2D eigenvalue weighted by molar-refractivity contribution is -0.122. The fourth-order valence-corrected chi connectivity index (χ4v) is 3.72. The Bertz CT molecular complexity index is 546. The molecule has 146 valence electrons. The van der Waals surface area contributed by atoms with Gasteiger partial charge in [0.05, 0.1) is 6.04 Å². The predicted molar refractivity (Wildman–Crippen MR) is 113 cm³/mol. The van der Waals surface area contributed by atoms with Gasteiger partial charge in [0.25, 0.3) is 0 Å². The van der Waals surface area contributed by atoms with Crippen molar-refractivity contribution in [3.8, 4) is 0 Å². The van der Waals surface area contributed by atoms with E-state index in [0.29, 0.717) is 0 Å². The second-order valence-corrected chi connectivity index (χ2v) is 8.04. The third-order valence-corrected chi connectivity index (χ3v) is 5.55. The van der Waals surface area contributed by atoms with Crippen molar-refractivity contribution in [2.75, 3.05) is 56.2 Å². The summed E-state index contributed by atoms with van der Waals surface area (Å²) in [6.07, 6.45) is 4.91. The molecule has 1 aliphatic heterocycles. The number of carbonyl (C=O) groups is 1. The number of nitrogens with two attached hydrogens (primary N) is 1. The first-order valence-corrected chi connectivity index (χ1v) is 11.1. The lowest BCUT2D eigenvalue weighted by Gasteiger charge is -2.36. The van der Waals surface area contributed by atoms with Crippen LogP contribution in [0.25, 0.3) is 0 Å². The normalized spacial score (nSPS) is 16.5. The third-order valence-electron chi connectivity index (χ3n) is 4.91. The third kappa shape index (κ3) is 7.17. The molecule has 0 aromatic heterocycles. The molecular weight excluding hydrogens is 344 g/mol. The van der Waals surface area contributed by atoms with Crippen molar-refractivity contribution in [3.05, 3.63) is 29.8 Å². The fourth-order valence-electron chi connectivity index (χ4n) is 3.23. The summed E-state index contributed by atoms with van der Waals surface area (Å²) in [5.41, 5.74) is 8.52. The van der Waals surface area contributed by atoms with Crippen LogP contribution in [-0.4, -0.2) is 68.1 Å². The Hall–Kier alpha value is -1.24. The number of amides is 1. The second-order valence-electron chi connectivity index (χ2n) is 7.05. The standard InChI is InChI=1S/C20H34N4OS/c1-17-6-5-7-18(16-17)24-13-11-23(12-14-24)10-4-3-9-22-20(25)19(21)8-15-26-2/h5-7,16,19H,3-4,8-15,21H2,1-2H3,(H,22,25). The number of hydrogen-bond donors (Lipinski definition) is 2. The maximum Gasteiger partial charge on any atom is 0.236 e. The van der Waals surface area contributed by atoms with Gasteiger partial charge in [-0.1, -0.05) is 12.1 Å². The number of benzene rings is 1. The van der Waals surface area contributed by atoms with Crippen LogP contribution < -0.4 is 16.0 Å². The summed E-state index contributed by atoms with van der Waals surface area (Å²) < 4.78 is 0. The van der Waals surface area contributed by atoms with Gasteiger partial charge >= 0.3 is 0 Å². The van der Waals surface area contributed by atoms with Crippen LogP contribution in [-0.2, 0) is 4.79 Å². The molecule has 1 fully saturated rings. The predicted octanol–water partition coefficient (Wildman–Crippen LogP) is 2.09. The Balaban J connectivity index is 1.56. The Kier molecular flexibility index (Phi) is 9.29. The van der Waals surface area contributed by atoms with Gasteiger partial charge < -0.3 is 16.0 Å². The minimum atomic E-state index is -0.364. The molecule has 1 aromatic carbocycles. The van der Waals surface area contributed by atoms with Crippen molar-refractivity contribution >= 4 is 23.4 Å². The molecule has 0 spiro atoms. The van der Waals surface area contributed by atoms with Crippen molar-refractivity contribution < 1.29 is 4.79 Å². The van der Waals surface area contributed by atoms with Gasteiger partial charge in [0.1, 0.15) is 0 Å². The van der Waals surface area contributed by atoms with E-state index in [9.17, 15) is 4.79 Å². The summed E-state index contributed by atoms with van der Waals surface area (Å²) >= 11 is 1.73. The van der Waals surface area contributed by atoms with E-state index in [4.69, 9.17) is 5.73 Å². The summed E-state index contributed by atoms with van der Waals surface area (Å²) in [6.45, 7) is 8.38. The number of nitrogens with one attached hydrogen (secondary N) is 1. The zero-order valence-corrected chi connectivity index (χ0v) is 17.1. The second kappa shape index (κ2) is 11.5. The Morgan fingerprint density at radius 3 is 2.73 bits per heavy atom. The number of thioether (sulfide) groups is 1. The molecule has 2 rings (SSSR count). The van der Waals surface area contributed by atoms with Gasteiger partial charge in [0, 0.05) is 38.4 Å². The van der Waals surface area contributed by atoms with Crippen LogP contribution in [0.3, 0.4) is 0 Å². The van der Waals surface area contributed by atoms with E-state index >= 15 is 0 Å². The smallest absolute Gasteiger partial charge is 0.236 e. The molecule has 1 unspecified atom stereocenters. The van der Waals surface area contributed by atoms with Crippen LogP contribution in [0.15, 0.2) is 24.3 Å². The van der Waals surface area contributed by atoms with Gasteiger partial charge in [0.15, 0.2) is 0 Å². The SMILES string of the molecule is CSCCC(N)C(=O)NCCCCN1CCN(c2cccc(C)c2)CC1. The summed E-state index contributed by atoms with van der Waals surface area (Å²) in [7, 11) is 0. The molecule has 26 heavy (non-hydrogen) atoms. The zero-order chi connectivity index (χ0) is 18.8. The van der Waals surface area contributed by atoms with E-state index in [0.717, 1.165) is 64.3 Å². The summed E-state index contributed by atoms with van der Waals surface area (Å²) in [4.78, 5) is 16.8. The highest BCUT2D eigenvalue weighted by atomic mass is 32.2. The van der Waals surface area contributed by atoms with Gasteiger partial charge in [-0.15, -0.1) is 0 Å². The molecule has 1 aromatic rings. The van der Waals surface area contributed by atoms with Gasteiger partial charge in [-0.05, 0) is 62.4 Å². The molecule has 5 nitrogen and oxygen atoms in total. The number of rotatable bonds is 10. The van der Waals surface area contributed by atoms with E-state index in [1.807, 2.05) is 6.26 Å². The fraction of sp³-hybridized carbons (Fsp3) is 0.650. The monoisotopic (exact) mass is 378 g/mol. The van der Waals surface area contributed by atoms with E-state index < -0.39 is 0 Å². The lowest BCUT2D eigenvalue weighted by Crippen LogP contribution is -2.46. The van der Waals surface area contributed by atoms with Crippen LogP contribution in [0, 0.1) is 6.92 Å². The molecule has 0 radical (unpaired) electrons. The number of carbonyl (C=O) groups excluding carboxylic acids is 1. The summed E-state index contributed by atoms with van der Waals surface area (Å²) in [5.74, 6) is 0.925. The maximum atomic E-state index is 11.8. The summed E-state index contributed by atoms with van der Waals surface area (Å²) in [5, 5.41) is 2.96. The van der Waals surface area contributed by atoms with Crippen LogP contribution in [0.2, 0.25) is 0 Å². The van der Waals surface area contributed by atoms with Crippen molar-refractivity contribution in [1.82, 2.24) is 10.2 Å². The van der Waals surface area contributed by atoms with Gasteiger partial charge in [0.2, 0.25) is 5.91 Å². The maximum absolute atomic E-state index is 11.8. The largest absolute Gasteiger partial charge is 0.369 e. The molecule has 0 aliphatic carbocycles. The Labute approximate surface area is 162 Å². The first kappa shape index (κ1) is 21.1. The molecular formula is C20H34N4OS. The number of unbranched alkanes of at least 4 members (excludes halogenated alkanes) is 1. The molecule has 1 aliphatic rings. The average Bonchev–Trinajstić information content (AvgIpc) is 2.66. The van der Waals surface area contributed by atoms with Gasteiger partial charge in [-0.2, -0.15) is 11.8 Å². The minimum absolute atomic E-state index is 0.00850. The molecule has 3 N–H and O–H groups in total. The number of anilines is 1. The topological polar surface area (TPSA) is 61.6 Å². The van der Waals surface area contributed by atoms with E-state index in [-0.39, 0.29) is 11.9 Å². The van der Waals surface area contributed by atoms with Gasteiger partial charge in [-0.3, -0.25) is 9.69 Å². The Morgan fingerprint density at radius 2 is 2.04 bits per heavy atom. The molecule has 0 bridgehead atoms. The summed E-state index contributed by atoms with van der Waals surface area (Å²) in [6, 6.07) is 8.39. The first-order chi connectivity index (χ1) is 12.6. The van der Waals surface area contributed by atoms with Crippen molar-refractivity contribution in [2.45, 2.75) is 32.2 Å². The minimum Gasteiger partial charge on any atom is -0.369 e. The number of hydrogen-bond acceptors (Lipinski definition) is 5. The first-order valence-electron chi connectivity index (χ1n) is 9.66. The van der Waals surface area contributed by atoms with Gasteiger partial charge in [-0.25, -0.2) is 0 Å². The number of aryl methyl sites for hydroxylation is 1. The van der Waals surface area contributed by atoms with Crippen molar-refractivity contribution in [3.63, 3.8) is 0 Å². The molecule has 1 heterocycles. The molecule has 1 saturated heterocycles. The highest BCUT2D eigenvalue weighted by molar-refractivity contribution is 7.98. The highest BCUT2D eigenvalue weighted by Crippen LogP contribution is 2.17. The quantitative estimate of drug-likeness (QED) is 0.611. The van der Waals surface area contributed by atoms with E-state index in [1.165, 1.54) is 11.3 Å². The number of piperazine rings is 1. The average molecular weight is 379 g/mol. The lowest BCUT2D eigenvalue weighted by atomic mass is 10.2. The highest BCUT2D eigenvalue weighted by Gasteiger charge is 2.17. The Morgan fingerprint density at radius 1 is 1.27 bits per heavy atom. The van der Waals surface area contributed by atoms with Crippen LogP contribution in [0.5, 0.6) is 0 Å². The van der Waals surface area contributed by atoms with Crippen molar-refractivity contribution in [1.29, 1.82) is 0 Å². The van der Waals surface area contributed by atoms with Crippen LogP contribution >= 0.6 is 11.8 Å². The van der Waals surface area contributed by atoms with Crippen LogP contribution in [0.1, 0.15) is 24.8 Å². The molecule has 6 heteroatoms. The van der Waals surface area contributed by atoms with E-state index in [2.05, 4.69) is 46.3 Å². The molecule has 0 saturated carbocycles. The molecule has 1 amide bonds.